The van der Waals surface area contributed by atoms with E-state index in [4.69, 9.17) is 4.55 Å². The summed E-state index contributed by atoms with van der Waals surface area (Å²) in [6.45, 7) is 0. The standard InChI is InChI=1S/C9H11NO3S.ClH/c11-14(12,13)9-6-5-7-3-1-2-4-8(7)10-9;/h1-4,9-10H,5-6H2,(H,11,12,13);1H/t9-;/m0./s1. The molecule has 15 heavy (non-hydrogen) atoms. The molecule has 1 aliphatic rings. The van der Waals surface area contributed by atoms with Crippen LogP contribution in [0, 0.1) is 0 Å². The molecule has 1 atom stereocenters. The topological polar surface area (TPSA) is 66.4 Å². The first-order chi connectivity index (χ1) is 6.57. The van der Waals surface area contributed by atoms with Gasteiger partial charge in [-0.25, -0.2) is 0 Å². The molecular formula is C9H12ClNO3S. The number of nitrogens with one attached hydrogen (secondary N) is 1. The Hall–Kier alpha value is -0.780. The van der Waals surface area contributed by atoms with Crippen molar-refractivity contribution >= 4 is 28.2 Å². The number of rotatable bonds is 1. The zero-order chi connectivity index (χ0) is 10.2. The molecule has 0 aromatic heterocycles. The third-order valence-corrected chi connectivity index (χ3v) is 3.44. The number of fused-ring (bicyclic) bond motifs is 1. The molecule has 0 amide bonds. The third kappa shape index (κ3) is 2.62. The quantitative estimate of drug-likeness (QED) is 0.744. The number of halogens is 1. The summed E-state index contributed by atoms with van der Waals surface area (Å²) in [5.41, 5.74) is 1.88. The van der Waals surface area contributed by atoms with Crippen molar-refractivity contribution in [2.24, 2.45) is 0 Å². The summed E-state index contributed by atoms with van der Waals surface area (Å²) in [6, 6.07) is 7.50. The van der Waals surface area contributed by atoms with Gasteiger partial charge in [0.1, 0.15) is 0 Å². The molecule has 0 radical (unpaired) electrons. The predicted octanol–water partition coefficient (Wildman–Crippen LogP) is 1.68. The van der Waals surface area contributed by atoms with Crippen LogP contribution in [0.1, 0.15) is 12.0 Å². The van der Waals surface area contributed by atoms with Gasteiger partial charge in [0.2, 0.25) is 0 Å². The van der Waals surface area contributed by atoms with Gasteiger partial charge in [-0.1, -0.05) is 18.2 Å². The summed E-state index contributed by atoms with van der Waals surface area (Å²) in [4.78, 5) is 0. The van der Waals surface area contributed by atoms with E-state index >= 15 is 0 Å². The van der Waals surface area contributed by atoms with E-state index in [9.17, 15) is 8.42 Å². The van der Waals surface area contributed by atoms with Crippen LogP contribution in [0.3, 0.4) is 0 Å². The van der Waals surface area contributed by atoms with Crippen molar-refractivity contribution in [3.63, 3.8) is 0 Å². The number of hydrogen-bond donors (Lipinski definition) is 2. The highest BCUT2D eigenvalue weighted by atomic mass is 35.5. The Bertz CT molecular complexity index is 446. The van der Waals surface area contributed by atoms with Crippen molar-refractivity contribution < 1.29 is 13.0 Å². The van der Waals surface area contributed by atoms with E-state index in [1.165, 1.54) is 0 Å². The molecule has 0 bridgehead atoms. The van der Waals surface area contributed by atoms with E-state index in [1.807, 2.05) is 24.3 Å². The second kappa shape index (κ2) is 4.38. The molecule has 1 aromatic carbocycles. The van der Waals surface area contributed by atoms with Gasteiger partial charge < -0.3 is 5.32 Å². The van der Waals surface area contributed by atoms with Crippen LogP contribution in [0.25, 0.3) is 0 Å². The van der Waals surface area contributed by atoms with Gasteiger partial charge in [-0.15, -0.1) is 12.4 Å². The lowest BCUT2D eigenvalue weighted by molar-refractivity contribution is 0.466. The molecule has 1 aliphatic heterocycles. The van der Waals surface area contributed by atoms with E-state index in [2.05, 4.69) is 5.32 Å². The molecule has 0 saturated heterocycles. The fraction of sp³-hybridized carbons (Fsp3) is 0.333. The molecule has 1 aromatic rings. The molecule has 84 valence electrons. The van der Waals surface area contributed by atoms with Crippen LogP contribution in [-0.2, 0) is 16.5 Å². The lowest BCUT2D eigenvalue weighted by atomic mass is 10.0. The van der Waals surface area contributed by atoms with Crippen LogP contribution < -0.4 is 5.32 Å². The third-order valence-electron chi connectivity index (χ3n) is 2.37. The van der Waals surface area contributed by atoms with Crippen LogP contribution in [-0.4, -0.2) is 18.3 Å². The molecule has 2 N–H and O–H groups in total. The lowest BCUT2D eigenvalue weighted by Crippen LogP contribution is -2.32. The van der Waals surface area contributed by atoms with Gasteiger partial charge >= 0.3 is 0 Å². The Labute approximate surface area is 94.9 Å². The molecule has 6 heteroatoms. The summed E-state index contributed by atoms with van der Waals surface area (Å²) in [6.07, 6.45) is 1.09. The van der Waals surface area contributed by atoms with Gasteiger partial charge in [0.25, 0.3) is 10.1 Å². The van der Waals surface area contributed by atoms with Gasteiger partial charge in [-0.3, -0.25) is 4.55 Å². The van der Waals surface area contributed by atoms with E-state index in [1.54, 1.807) is 0 Å². The average molecular weight is 250 g/mol. The zero-order valence-electron chi connectivity index (χ0n) is 7.88. The van der Waals surface area contributed by atoms with Crippen LogP contribution in [0.15, 0.2) is 24.3 Å². The predicted molar refractivity (Wildman–Crippen MR) is 61.0 cm³/mol. The fourth-order valence-electron chi connectivity index (χ4n) is 1.63. The second-order valence-corrected chi connectivity index (χ2v) is 4.94. The molecule has 0 fully saturated rings. The normalized spacial score (nSPS) is 19.7. The van der Waals surface area contributed by atoms with Crippen molar-refractivity contribution in [3.05, 3.63) is 29.8 Å². The highest BCUT2D eigenvalue weighted by Crippen LogP contribution is 2.25. The van der Waals surface area contributed by atoms with E-state index in [0.29, 0.717) is 12.8 Å². The molecule has 0 unspecified atom stereocenters. The van der Waals surface area contributed by atoms with Gasteiger partial charge in [0.15, 0.2) is 5.37 Å². The van der Waals surface area contributed by atoms with Crippen molar-refractivity contribution in [1.82, 2.24) is 0 Å². The van der Waals surface area contributed by atoms with Crippen LogP contribution in [0.4, 0.5) is 5.69 Å². The smallest absolute Gasteiger partial charge is 0.286 e. The van der Waals surface area contributed by atoms with E-state index in [-0.39, 0.29) is 12.4 Å². The molecule has 0 saturated carbocycles. The Morgan fingerprint density at radius 3 is 2.67 bits per heavy atom. The minimum Gasteiger partial charge on any atom is -0.367 e. The minimum atomic E-state index is -3.98. The number of hydrogen-bond acceptors (Lipinski definition) is 3. The largest absolute Gasteiger partial charge is 0.367 e. The monoisotopic (exact) mass is 249 g/mol. The van der Waals surface area contributed by atoms with Crippen LogP contribution >= 0.6 is 12.4 Å². The number of para-hydroxylation sites is 1. The van der Waals surface area contributed by atoms with Gasteiger partial charge in [0.05, 0.1) is 0 Å². The SMILES string of the molecule is Cl.O=S(=O)(O)[C@H]1CCc2ccccc2N1. The maximum absolute atomic E-state index is 10.9. The fourth-order valence-corrected chi connectivity index (χ4v) is 2.33. The van der Waals surface area contributed by atoms with Gasteiger partial charge in [-0.05, 0) is 24.5 Å². The van der Waals surface area contributed by atoms with Crippen LogP contribution in [0.2, 0.25) is 0 Å². The average Bonchev–Trinajstić information content (AvgIpc) is 2.16. The first-order valence-electron chi connectivity index (χ1n) is 4.38. The number of anilines is 1. The van der Waals surface area contributed by atoms with Crippen molar-refractivity contribution in [2.45, 2.75) is 18.2 Å². The Morgan fingerprint density at radius 2 is 2.00 bits per heavy atom. The lowest BCUT2D eigenvalue weighted by Gasteiger charge is -2.24. The molecule has 4 nitrogen and oxygen atoms in total. The van der Waals surface area contributed by atoms with Gasteiger partial charge in [-0.2, -0.15) is 8.42 Å². The van der Waals surface area contributed by atoms with Gasteiger partial charge in [0, 0.05) is 5.69 Å². The summed E-state index contributed by atoms with van der Waals surface area (Å²) in [7, 11) is -3.98. The van der Waals surface area contributed by atoms with Crippen molar-refractivity contribution in [3.8, 4) is 0 Å². The van der Waals surface area contributed by atoms with Crippen molar-refractivity contribution in [1.29, 1.82) is 0 Å². The van der Waals surface area contributed by atoms with E-state index in [0.717, 1.165) is 11.3 Å². The summed E-state index contributed by atoms with van der Waals surface area (Å²) in [5.74, 6) is 0. The first kappa shape index (κ1) is 12.3. The number of aryl methyl sites for hydroxylation is 1. The molecule has 0 aliphatic carbocycles. The summed E-state index contributed by atoms with van der Waals surface area (Å²) < 4.78 is 30.7. The highest BCUT2D eigenvalue weighted by Gasteiger charge is 2.26. The highest BCUT2D eigenvalue weighted by molar-refractivity contribution is 7.86. The molecule has 0 spiro atoms. The Balaban J connectivity index is 0.00000112. The maximum Gasteiger partial charge on any atom is 0.286 e. The summed E-state index contributed by atoms with van der Waals surface area (Å²) in [5, 5.41) is 1.94. The zero-order valence-corrected chi connectivity index (χ0v) is 9.51. The van der Waals surface area contributed by atoms with Crippen LogP contribution in [0.5, 0.6) is 0 Å². The Morgan fingerprint density at radius 1 is 1.33 bits per heavy atom. The molecule has 2 rings (SSSR count). The second-order valence-electron chi connectivity index (χ2n) is 3.34. The molecular weight excluding hydrogens is 238 g/mol. The number of benzene rings is 1. The maximum atomic E-state index is 10.9. The first-order valence-corrected chi connectivity index (χ1v) is 5.88. The van der Waals surface area contributed by atoms with E-state index < -0.39 is 15.5 Å². The van der Waals surface area contributed by atoms with Crippen molar-refractivity contribution in [2.75, 3.05) is 5.32 Å². The molecule has 1 heterocycles. The summed E-state index contributed by atoms with van der Waals surface area (Å²) >= 11 is 0. The Kier molecular flexibility index (Phi) is 3.59. The minimum absolute atomic E-state index is 0.